The van der Waals surface area contributed by atoms with Gasteiger partial charge in [0.25, 0.3) is 0 Å². The molecule has 6 heteroatoms. The summed E-state index contributed by atoms with van der Waals surface area (Å²) in [5, 5.41) is 9.16. The number of fused-ring (bicyclic) bond motifs is 1. The minimum Gasteiger partial charge on any atom is -0.383 e. The van der Waals surface area contributed by atoms with E-state index >= 15 is 0 Å². The number of aryl methyl sites for hydroxylation is 1. The van der Waals surface area contributed by atoms with Gasteiger partial charge in [-0.15, -0.1) is 0 Å². The summed E-state index contributed by atoms with van der Waals surface area (Å²) >= 11 is 0. The summed E-state index contributed by atoms with van der Waals surface area (Å²) in [6, 6.07) is 4.07. The SMILES string of the molecule is Cc1c(C(N)=NCCOCC2CC2)ccc2nn(CC3CNC3)cc12. The van der Waals surface area contributed by atoms with Gasteiger partial charge in [0.1, 0.15) is 5.84 Å². The van der Waals surface area contributed by atoms with E-state index in [4.69, 9.17) is 15.6 Å². The van der Waals surface area contributed by atoms with Crippen LogP contribution in [0.25, 0.3) is 10.9 Å². The van der Waals surface area contributed by atoms with Crippen molar-refractivity contribution in [2.45, 2.75) is 26.3 Å². The molecule has 4 rings (SSSR count). The first-order chi connectivity index (χ1) is 12.2. The molecule has 2 fully saturated rings. The van der Waals surface area contributed by atoms with Gasteiger partial charge in [-0.3, -0.25) is 9.67 Å². The molecule has 2 aromatic rings. The molecule has 0 spiro atoms. The Morgan fingerprint density at radius 1 is 1.36 bits per heavy atom. The second-order valence-electron chi connectivity index (χ2n) is 7.33. The van der Waals surface area contributed by atoms with Gasteiger partial charge in [-0.05, 0) is 43.4 Å². The molecule has 0 unspecified atom stereocenters. The minimum atomic E-state index is 0.588. The van der Waals surface area contributed by atoms with E-state index in [9.17, 15) is 0 Å². The predicted molar refractivity (Wildman–Crippen MR) is 100.0 cm³/mol. The summed E-state index contributed by atoms with van der Waals surface area (Å²) < 4.78 is 7.68. The number of ether oxygens (including phenoxy) is 1. The van der Waals surface area contributed by atoms with E-state index in [0.29, 0.717) is 24.9 Å². The number of nitrogens with zero attached hydrogens (tertiary/aromatic N) is 3. The van der Waals surface area contributed by atoms with Crippen molar-refractivity contribution < 1.29 is 4.74 Å². The molecule has 1 aliphatic carbocycles. The van der Waals surface area contributed by atoms with Crippen LogP contribution in [-0.2, 0) is 11.3 Å². The molecule has 1 aliphatic heterocycles. The average molecular weight is 341 g/mol. The average Bonchev–Trinajstić information content (AvgIpc) is 3.28. The summed E-state index contributed by atoms with van der Waals surface area (Å²) in [5.74, 6) is 2.07. The maximum Gasteiger partial charge on any atom is 0.125 e. The van der Waals surface area contributed by atoms with Gasteiger partial charge in [0.15, 0.2) is 0 Å². The van der Waals surface area contributed by atoms with Crippen LogP contribution in [0.4, 0.5) is 0 Å². The number of benzene rings is 1. The molecule has 0 bridgehead atoms. The second kappa shape index (κ2) is 7.14. The highest BCUT2D eigenvalue weighted by molar-refractivity contribution is 6.02. The molecule has 1 saturated carbocycles. The van der Waals surface area contributed by atoms with Crippen LogP contribution >= 0.6 is 0 Å². The first-order valence-corrected chi connectivity index (χ1v) is 9.26. The highest BCUT2D eigenvalue weighted by Gasteiger charge is 2.21. The van der Waals surface area contributed by atoms with Gasteiger partial charge in [0.2, 0.25) is 0 Å². The molecule has 3 N–H and O–H groups in total. The van der Waals surface area contributed by atoms with Crippen molar-refractivity contribution in [3.8, 4) is 0 Å². The molecule has 6 nitrogen and oxygen atoms in total. The Labute approximate surface area is 148 Å². The maximum atomic E-state index is 6.22. The summed E-state index contributed by atoms with van der Waals surface area (Å²) in [7, 11) is 0. The molecule has 1 saturated heterocycles. The highest BCUT2D eigenvalue weighted by atomic mass is 16.5. The van der Waals surface area contributed by atoms with Crippen molar-refractivity contribution in [2.24, 2.45) is 22.6 Å². The smallest absolute Gasteiger partial charge is 0.125 e. The lowest BCUT2D eigenvalue weighted by Crippen LogP contribution is -2.44. The minimum absolute atomic E-state index is 0.588. The lowest BCUT2D eigenvalue weighted by molar-refractivity contribution is 0.132. The number of nitrogens with one attached hydrogen (secondary N) is 1. The lowest BCUT2D eigenvalue weighted by atomic mass is 10.0. The zero-order chi connectivity index (χ0) is 17.2. The molecule has 25 heavy (non-hydrogen) atoms. The Balaban J connectivity index is 1.43. The van der Waals surface area contributed by atoms with Gasteiger partial charge >= 0.3 is 0 Å². The number of nitrogens with two attached hydrogens (primary N) is 1. The number of amidine groups is 1. The fourth-order valence-electron chi connectivity index (χ4n) is 3.24. The molecule has 0 radical (unpaired) electrons. The Morgan fingerprint density at radius 2 is 2.20 bits per heavy atom. The molecular weight excluding hydrogens is 314 g/mol. The van der Waals surface area contributed by atoms with Crippen molar-refractivity contribution in [3.05, 3.63) is 29.5 Å². The summed E-state index contributed by atoms with van der Waals surface area (Å²) in [5.41, 5.74) is 9.39. The Morgan fingerprint density at radius 3 is 2.92 bits per heavy atom. The molecule has 0 amide bonds. The van der Waals surface area contributed by atoms with Gasteiger partial charge < -0.3 is 15.8 Å². The van der Waals surface area contributed by atoms with Gasteiger partial charge in [0, 0.05) is 49.3 Å². The second-order valence-corrected chi connectivity index (χ2v) is 7.33. The van der Waals surface area contributed by atoms with Crippen LogP contribution in [0.5, 0.6) is 0 Å². The normalized spacial score (nSPS) is 18.7. The third-order valence-electron chi connectivity index (χ3n) is 5.16. The third-order valence-corrected chi connectivity index (χ3v) is 5.16. The summed E-state index contributed by atoms with van der Waals surface area (Å²) in [6.07, 6.45) is 4.77. The van der Waals surface area contributed by atoms with Gasteiger partial charge in [-0.25, -0.2) is 0 Å². The number of aromatic nitrogens is 2. The maximum absolute atomic E-state index is 6.22. The van der Waals surface area contributed by atoms with Crippen molar-refractivity contribution in [1.29, 1.82) is 0 Å². The van der Waals surface area contributed by atoms with E-state index in [1.165, 1.54) is 12.8 Å². The zero-order valence-electron chi connectivity index (χ0n) is 14.9. The Kier molecular flexibility index (Phi) is 4.72. The molecule has 0 atom stereocenters. The molecule has 2 aliphatic rings. The first-order valence-electron chi connectivity index (χ1n) is 9.26. The van der Waals surface area contributed by atoms with E-state index < -0.39 is 0 Å². The van der Waals surface area contributed by atoms with Gasteiger partial charge in [0.05, 0.1) is 18.7 Å². The molecular formula is C19H27N5O. The van der Waals surface area contributed by atoms with Crippen molar-refractivity contribution in [3.63, 3.8) is 0 Å². The molecule has 2 heterocycles. The van der Waals surface area contributed by atoms with Crippen molar-refractivity contribution >= 4 is 16.7 Å². The Bertz CT molecular complexity index is 773. The number of hydrogen-bond donors (Lipinski definition) is 2. The quantitative estimate of drug-likeness (QED) is 0.435. The standard InChI is InChI=1S/C19H27N5O/c1-13-16(19(20)22-6-7-25-12-14-2-3-14)4-5-18-17(13)11-24(23-18)10-15-8-21-9-15/h4-5,11,14-15,21H,2-3,6-10,12H2,1H3,(H2,20,22). The van der Waals surface area contributed by atoms with Crippen LogP contribution < -0.4 is 11.1 Å². The number of hydrogen-bond acceptors (Lipinski definition) is 4. The van der Waals surface area contributed by atoms with E-state index in [1.54, 1.807) is 0 Å². The van der Waals surface area contributed by atoms with E-state index in [2.05, 4.69) is 28.1 Å². The first kappa shape index (κ1) is 16.5. The topological polar surface area (TPSA) is 77.5 Å². The van der Waals surface area contributed by atoms with Gasteiger partial charge in [-0.2, -0.15) is 5.10 Å². The summed E-state index contributed by atoms with van der Waals surface area (Å²) in [6.45, 7) is 7.37. The van der Waals surface area contributed by atoms with Crippen LogP contribution in [-0.4, -0.2) is 48.5 Å². The summed E-state index contributed by atoms with van der Waals surface area (Å²) in [4.78, 5) is 4.49. The van der Waals surface area contributed by atoms with Crippen molar-refractivity contribution in [2.75, 3.05) is 32.8 Å². The van der Waals surface area contributed by atoms with E-state index in [1.807, 2.05) is 12.1 Å². The van der Waals surface area contributed by atoms with Gasteiger partial charge in [-0.1, -0.05) is 0 Å². The Hall–Kier alpha value is -1.92. The fourth-order valence-corrected chi connectivity index (χ4v) is 3.24. The monoisotopic (exact) mass is 341 g/mol. The lowest BCUT2D eigenvalue weighted by Gasteiger charge is -2.26. The number of aliphatic imine (C=N–C) groups is 1. The van der Waals surface area contributed by atoms with Crippen LogP contribution in [0.3, 0.4) is 0 Å². The predicted octanol–water partition coefficient (Wildman–Crippen LogP) is 1.70. The van der Waals surface area contributed by atoms with E-state index in [0.717, 1.165) is 54.2 Å². The van der Waals surface area contributed by atoms with Crippen LogP contribution in [0.2, 0.25) is 0 Å². The van der Waals surface area contributed by atoms with Crippen LogP contribution in [0.15, 0.2) is 23.3 Å². The fraction of sp³-hybridized carbons (Fsp3) is 0.579. The molecule has 1 aromatic heterocycles. The van der Waals surface area contributed by atoms with Crippen LogP contribution in [0, 0.1) is 18.8 Å². The largest absolute Gasteiger partial charge is 0.383 e. The molecule has 1 aromatic carbocycles. The third kappa shape index (κ3) is 3.85. The highest BCUT2D eigenvalue weighted by Crippen LogP contribution is 2.28. The van der Waals surface area contributed by atoms with Crippen LogP contribution in [0.1, 0.15) is 24.0 Å². The molecule has 134 valence electrons. The van der Waals surface area contributed by atoms with Crippen molar-refractivity contribution in [1.82, 2.24) is 15.1 Å². The zero-order valence-corrected chi connectivity index (χ0v) is 14.9. The van der Waals surface area contributed by atoms with E-state index in [-0.39, 0.29) is 0 Å². The number of rotatable bonds is 8.